The summed E-state index contributed by atoms with van der Waals surface area (Å²) < 4.78 is 31.0. The Morgan fingerprint density at radius 3 is 2.75 bits per heavy atom. The maximum absolute atomic E-state index is 13.1. The van der Waals surface area contributed by atoms with Crippen molar-refractivity contribution in [3.63, 3.8) is 0 Å². The zero-order valence-corrected chi connectivity index (χ0v) is 11.0. The lowest BCUT2D eigenvalue weighted by atomic mass is 10.2. The van der Waals surface area contributed by atoms with Crippen molar-refractivity contribution in [2.24, 2.45) is 0 Å². The first-order chi connectivity index (χ1) is 9.13. The number of nitrogens with one attached hydrogen (secondary N) is 1. The van der Waals surface area contributed by atoms with E-state index in [0.717, 1.165) is 12.1 Å². The molecular formula is C12H12ClF2N3O2. The highest BCUT2D eigenvalue weighted by atomic mass is 35.5. The van der Waals surface area contributed by atoms with Crippen molar-refractivity contribution in [2.45, 2.75) is 18.6 Å². The Morgan fingerprint density at radius 1 is 1.30 bits per heavy atom. The van der Waals surface area contributed by atoms with Crippen LogP contribution in [0.1, 0.15) is 18.4 Å². The molecule has 2 heterocycles. The van der Waals surface area contributed by atoms with Gasteiger partial charge in [-0.05, 0) is 24.6 Å². The second kappa shape index (κ2) is 5.82. The SMILES string of the molecule is Cl.O[C@@H]1CN[C@@H](c2nc(-c3ccc(F)c(F)c3)no2)C1. The second-order valence-corrected chi connectivity index (χ2v) is 4.44. The second-order valence-electron chi connectivity index (χ2n) is 4.44. The highest BCUT2D eigenvalue weighted by molar-refractivity contribution is 5.85. The van der Waals surface area contributed by atoms with E-state index in [1.54, 1.807) is 0 Å². The molecule has 0 saturated carbocycles. The van der Waals surface area contributed by atoms with Crippen molar-refractivity contribution in [3.05, 3.63) is 35.7 Å². The van der Waals surface area contributed by atoms with Crippen LogP contribution in [0.25, 0.3) is 11.4 Å². The van der Waals surface area contributed by atoms with Gasteiger partial charge >= 0.3 is 0 Å². The van der Waals surface area contributed by atoms with E-state index in [-0.39, 0.29) is 24.3 Å². The summed E-state index contributed by atoms with van der Waals surface area (Å²) in [5.74, 6) is -1.36. The van der Waals surface area contributed by atoms with Gasteiger partial charge in [-0.25, -0.2) is 8.78 Å². The van der Waals surface area contributed by atoms with Crippen LogP contribution in [-0.2, 0) is 0 Å². The van der Waals surface area contributed by atoms with Gasteiger partial charge in [0.05, 0.1) is 12.1 Å². The van der Waals surface area contributed by atoms with Gasteiger partial charge in [-0.15, -0.1) is 12.4 Å². The smallest absolute Gasteiger partial charge is 0.244 e. The maximum Gasteiger partial charge on any atom is 0.244 e. The van der Waals surface area contributed by atoms with E-state index in [0.29, 0.717) is 24.4 Å². The van der Waals surface area contributed by atoms with E-state index < -0.39 is 17.7 Å². The lowest BCUT2D eigenvalue weighted by molar-refractivity contribution is 0.191. The number of aliphatic hydroxyl groups is 1. The number of hydrogen-bond acceptors (Lipinski definition) is 5. The van der Waals surface area contributed by atoms with Crippen molar-refractivity contribution in [1.29, 1.82) is 0 Å². The molecule has 0 spiro atoms. The van der Waals surface area contributed by atoms with E-state index in [2.05, 4.69) is 15.5 Å². The number of nitrogens with zero attached hydrogens (tertiary/aromatic N) is 2. The summed E-state index contributed by atoms with van der Waals surface area (Å²) in [6, 6.07) is 3.20. The lowest BCUT2D eigenvalue weighted by Crippen LogP contribution is -2.15. The third-order valence-electron chi connectivity index (χ3n) is 3.03. The Balaban J connectivity index is 0.00000147. The summed E-state index contributed by atoms with van der Waals surface area (Å²) >= 11 is 0. The maximum atomic E-state index is 13.1. The van der Waals surface area contributed by atoms with E-state index in [9.17, 15) is 13.9 Å². The van der Waals surface area contributed by atoms with Crippen molar-refractivity contribution in [2.75, 3.05) is 6.54 Å². The van der Waals surface area contributed by atoms with Gasteiger partial charge in [0.2, 0.25) is 11.7 Å². The first-order valence-corrected chi connectivity index (χ1v) is 5.84. The van der Waals surface area contributed by atoms with Gasteiger partial charge in [0.1, 0.15) is 0 Å². The number of β-amino-alcohol motifs (C(OH)–C–C–N with tert-alkyl or cyclic N) is 1. The topological polar surface area (TPSA) is 71.2 Å². The zero-order chi connectivity index (χ0) is 13.4. The highest BCUT2D eigenvalue weighted by Gasteiger charge is 2.28. The fraction of sp³-hybridized carbons (Fsp3) is 0.333. The minimum Gasteiger partial charge on any atom is -0.392 e. The predicted molar refractivity (Wildman–Crippen MR) is 68.3 cm³/mol. The molecule has 1 aliphatic heterocycles. The fourth-order valence-corrected chi connectivity index (χ4v) is 2.03. The molecule has 5 nitrogen and oxygen atoms in total. The molecule has 1 fully saturated rings. The number of rotatable bonds is 2. The van der Waals surface area contributed by atoms with Crippen LogP contribution in [-0.4, -0.2) is 27.9 Å². The van der Waals surface area contributed by atoms with E-state index in [1.165, 1.54) is 6.07 Å². The Bertz CT molecular complexity index is 608. The number of hydrogen-bond donors (Lipinski definition) is 2. The first-order valence-electron chi connectivity index (χ1n) is 5.84. The molecular weight excluding hydrogens is 292 g/mol. The summed E-state index contributed by atoms with van der Waals surface area (Å²) in [5, 5.41) is 16.2. The largest absolute Gasteiger partial charge is 0.392 e. The summed E-state index contributed by atoms with van der Waals surface area (Å²) in [6.45, 7) is 0.466. The van der Waals surface area contributed by atoms with Crippen molar-refractivity contribution < 1.29 is 18.4 Å². The van der Waals surface area contributed by atoms with Gasteiger partial charge in [0, 0.05) is 12.1 Å². The molecule has 0 aliphatic carbocycles. The van der Waals surface area contributed by atoms with Crippen LogP contribution < -0.4 is 5.32 Å². The Hall–Kier alpha value is -1.57. The predicted octanol–water partition coefficient (Wildman–Crippen LogP) is 1.83. The van der Waals surface area contributed by atoms with E-state index in [1.807, 2.05) is 0 Å². The van der Waals surface area contributed by atoms with Gasteiger partial charge in [0.25, 0.3) is 0 Å². The molecule has 1 aliphatic rings. The van der Waals surface area contributed by atoms with Crippen molar-refractivity contribution in [3.8, 4) is 11.4 Å². The van der Waals surface area contributed by atoms with Crippen LogP contribution in [0.3, 0.4) is 0 Å². The molecule has 3 rings (SSSR count). The molecule has 1 aromatic carbocycles. The minimum atomic E-state index is -0.960. The molecule has 0 radical (unpaired) electrons. The molecule has 2 N–H and O–H groups in total. The highest BCUT2D eigenvalue weighted by Crippen LogP contribution is 2.25. The Morgan fingerprint density at radius 2 is 2.10 bits per heavy atom. The standard InChI is InChI=1S/C12H11F2N3O2.ClH/c13-8-2-1-6(3-9(8)14)11-16-12(19-17-11)10-4-7(18)5-15-10;/h1-3,7,10,15,18H,4-5H2;1H/t7-,10+;/m0./s1. The van der Waals surface area contributed by atoms with E-state index >= 15 is 0 Å². The fourth-order valence-electron chi connectivity index (χ4n) is 2.03. The van der Waals surface area contributed by atoms with Crippen LogP contribution in [0, 0.1) is 11.6 Å². The van der Waals surface area contributed by atoms with Gasteiger partial charge < -0.3 is 14.9 Å². The van der Waals surface area contributed by atoms with Crippen LogP contribution in [0.4, 0.5) is 8.78 Å². The third-order valence-corrected chi connectivity index (χ3v) is 3.03. The van der Waals surface area contributed by atoms with Gasteiger partial charge in [0.15, 0.2) is 11.6 Å². The number of aliphatic hydroxyl groups excluding tert-OH is 1. The van der Waals surface area contributed by atoms with Crippen LogP contribution in [0.15, 0.2) is 22.7 Å². The monoisotopic (exact) mass is 303 g/mol. The summed E-state index contributed by atoms with van der Waals surface area (Å²) in [5.41, 5.74) is 0.340. The third kappa shape index (κ3) is 2.79. The quantitative estimate of drug-likeness (QED) is 0.885. The van der Waals surface area contributed by atoms with Crippen LogP contribution in [0.5, 0.6) is 0 Å². The molecule has 108 valence electrons. The lowest BCUT2D eigenvalue weighted by Gasteiger charge is -2.01. The molecule has 1 aromatic heterocycles. The summed E-state index contributed by atoms with van der Waals surface area (Å²) in [7, 11) is 0. The van der Waals surface area contributed by atoms with E-state index in [4.69, 9.17) is 4.52 Å². The molecule has 2 atom stereocenters. The molecule has 0 amide bonds. The zero-order valence-electron chi connectivity index (χ0n) is 10.2. The molecule has 20 heavy (non-hydrogen) atoms. The average Bonchev–Trinajstić information content (AvgIpc) is 3.01. The summed E-state index contributed by atoms with van der Waals surface area (Å²) in [6.07, 6.45) is 0.0444. The molecule has 8 heteroatoms. The Labute approximate surface area is 119 Å². The number of aromatic nitrogens is 2. The normalized spacial score (nSPS) is 21.8. The number of benzene rings is 1. The Kier molecular flexibility index (Phi) is 4.32. The molecule has 2 aromatic rings. The first kappa shape index (κ1) is 14.8. The number of halogens is 3. The van der Waals surface area contributed by atoms with Gasteiger partial charge in [-0.1, -0.05) is 5.16 Å². The van der Waals surface area contributed by atoms with Gasteiger partial charge in [-0.3, -0.25) is 0 Å². The molecule has 0 bridgehead atoms. The van der Waals surface area contributed by atoms with Crippen molar-refractivity contribution >= 4 is 12.4 Å². The minimum absolute atomic E-state index is 0. The average molecular weight is 304 g/mol. The van der Waals surface area contributed by atoms with Crippen LogP contribution >= 0.6 is 12.4 Å². The molecule has 0 unspecified atom stereocenters. The van der Waals surface area contributed by atoms with Gasteiger partial charge in [-0.2, -0.15) is 4.98 Å². The molecule has 1 saturated heterocycles. The summed E-state index contributed by atoms with van der Waals surface area (Å²) in [4.78, 5) is 4.13. The van der Waals surface area contributed by atoms with Crippen molar-refractivity contribution in [1.82, 2.24) is 15.5 Å². The van der Waals surface area contributed by atoms with Crippen LogP contribution in [0.2, 0.25) is 0 Å².